The summed E-state index contributed by atoms with van der Waals surface area (Å²) in [7, 11) is 0. The summed E-state index contributed by atoms with van der Waals surface area (Å²) in [5.41, 5.74) is 4.07. The zero-order chi connectivity index (χ0) is 23.0. The lowest BCUT2D eigenvalue weighted by molar-refractivity contribution is -0.140. The van der Waals surface area contributed by atoms with Gasteiger partial charge in [0.2, 0.25) is 5.91 Å². The predicted molar refractivity (Wildman–Crippen MR) is 118 cm³/mol. The van der Waals surface area contributed by atoms with Crippen LogP contribution in [0.4, 0.5) is 4.39 Å². The second-order valence-corrected chi connectivity index (χ2v) is 9.31. The number of amides is 1. The number of benzene rings is 2. The average Bonchev–Trinajstić information content (AvgIpc) is 3.05. The molecule has 1 aromatic heterocycles. The third-order valence-electron chi connectivity index (χ3n) is 5.23. The fourth-order valence-electron chi connectivity index (χ4n) is 3.85. The molecule has 0 fully saturated rings. The third kappa shape index (κ3) is 4.78. The highest BCUT2D eigenvalue weighted by Crippen LogP contribution is 2.43. The number of hydrogen-bond acceptors (Lipinski definition) is 4. The molecule has 2 aromatic carbocycles. The molecule has 0 aliphatic rings. The Morgan fingerprint density at radius 1 is 1.19 bits per heavy atom. The Kier molecular flexibility index (Phi) is 6.21. The second-order valence-electron chi connectivity index (χ2n) is 8.87. The number of carbonyl (C=O) groups is 1. The van der Waals surface area contributed by atoms with Crippen LogP contribution in [0.2, 0.25) is 5.02 Å². The Bertz CT molecular complexity index is 1090. The van der Waals surface area contributed by atoms with E-state index in [0.29, 0.717) is 17.4 Å². The summed E-state index contributed by atoms with van der Waals surface area (Å²) in [6.45, 7) is 7.29. The van der Waals surface area contributed by atoms with Gasteiger partial charge in [-0.25, -0.2) is 14.1 Å². The van der Waals surface area contributed by atoms with Crippen molar-refractivity contribution in [1.29, 1.82) is 0 Å². The Hall–Kier alpha value is -2.77. The van der Waals surface area contributed by atoms with E-state index in [9.17, 15) is 14.3 Å². The molecule has 0 radical (unpaired) electrons. The van der Waals surface area contributed by atoms with Gasteiger partial charge in [-0.15, -0.1) is 0 Å². The molecule has 164 valence electrons. The van der Waals surface area contributed by atoms with Crippen LogP contribution >= 0.6 is 11.6 Å². The van der Waals surface area contributed by atoms with E-state index in [2.05, 4.69) is 10.1 Å². The lowest BCUT2D eigenvalue weighted by atomic mass is 9.70. The molecule has 2 atom stereocenters. The zero-order valence-electron chi connectivity index (χ0n) is 17.9. The third-order valence-corrected chi connectivity index (χ3v) is 5.47. The SMILES string of the molecule is CC(C)(C)[C@H](c1nc(-c2cc(Cl)ccc2F)nn1Cc1ccccc1)C(C)(O)C(N)=O. The Balaban J connectivity index is 2.24. The minimum Gasteiger partial charge on any atom is -0.380 e. The van der Waals surface area contributed by atoms with Gasteiger partial charge >= 0.3 is 0 Å². The van der Waals surface area contributed by atoms with Crippen molar-refractivity contribution in [2.24, 2.45) is 11.1 Å². The second kappa shape index (κ2) is 8.40. The van der Waals surface area contributed by atoms with Crippen LogP contribution in [0, 0.1) is 11.2 Å². The molecule has 0 bridgehead atoms. The number of nitrogens with zero attached hydrogens (tertiary/aromatic N) is 3. The molecular weight excluding hydrogens is 419 g/mol. The van der Waals surface area contributed by atoms with Crippen LogP contribution in [-0.4, -0.2) is 31.4 Å². The van der Waals surface area contributed by atoms with Crippen LogP contribution in [0.15, 0.2) is 48.5 Å². The average molecular weight is 445 g/mol. The van der Waals surface area contributed by atoms with Crippen molar-refractivity contribution >= 4 is 17.5 Å². The highest BCUT2D eigenvalue weighted by molar-refractivity contribution is 6.30. The lowest BCUT2D eigenvalue weighted by Crippen LogP contribution is -2.51. The fourth-order valence-corrected chi connectivity index (χ4v) is 4.02. The van der Waals surface area contributed by atoms with Gasteiger partial charge in [0.25, 0.3) is 0 Å². The minimum atomic E-state index is -1.91. The van der Waals surface area contributed by atoms with Crippen LogP contribution in [0.25, 0.3) is 11.4 Å². The van der Waals surface area contributed by atoms with Gasteiger partial charge in [0, 0.05) is 5.02 Å². The van der Waals surface area contributed by atoms with E-state index in [0.717, 1.165) is 5.56 Å². The van der Waals surface area contributed by atoms with Gasteiger partial charge in [0.05, 0.1) is 18.0 Å². The molecule has 0 aliphatic carbocycles. The van der Waals surface area contributed by atoms with Crippen molar-refractivity contribution < 1.29 is 14.3 Å². The van der Waals surface area contributed by atoms with Gasteiger partial charge in [-0.05, 0) is 36.1 Å². The molecule has 1 heterocycles. The van der Waals surface area contributed by atoms with Crippen molar-refractivity contribution in [2.75, 3.05) is 0 Å². The number of aromatic nitrogens is 3. The Morgan fingerprint density at radius 3 is 2.42 bits per heavy atom. The summed E-state index contributed by atoms with van der Waals surface area (Å²) in [5.74, 6) is -1.78. The number of aliphatic hydroxyl groups is 1. The normalized spacial score (nSPS) is 14.8. The molecular formula is C23H26ClFN4O2. The first kappa shape index (κ1) is 22.9. The van der Waals surface area contributed by atoms with Gasteiger partial charge in [-0.2, -0.15) is 5.10 Å². The fraction of sp³-hybridized carbons (Fsp3) is 0.348. The Labute approximate surface area is 185 Å². The van der Waals surface area contributed by atoms with Gasteiger partial charge in [-0.1, -0.05) is 62.7 Å². The summed E-state index contributed by atoms with van der Waals surface area (Å²) in [4.78, 5) is 16.7. The van der Waals surface area contributed by atoms with Crippen LogP contribution in [0.1, 0.15) is 45.0 Å². The first-order valence-corrected chi connectivity index (χ1v) is 10.3. The summed E-state index contributed by atoms with van der Waals surface area (Å²) in [5, 5.41) is 15.9. The summed E-state index contributed by atoms with van der Waals surface area (Å²) >= 11 is 6.06. The molecule has 0 saturated heterocycles. The largest absolute Gasteiger partial charge is 0.380 e. The molecule has 1 unspecified atom stereocenters. The van der Waals surface area contributed by atoms with Crippen molar-refractivity contribution in [2.45, 2.75) is 45.8 Å². The predicted octanol–water partition coefficient (Wildman–Crippen LogP) is 4.15. The summed E-state index contributed by atoms with van der Waals surface area (Å²) in [6.07, 6.45) is 0. The molecule has 6 nitrogen and oxygen atoms in total. The minimum absolute atomic E-state index is 0.112. The molecule has 31 heavy (non-hydrogen) atoms. The van der Waals surface area contributed by atoms with Crippen LogP contribution in [0.5, 0.6) is 0 Å². The van der Waals surface area contributed by atoms with Crippen molar-refractivity contribution in [3.63, 3.8) is 0 Å². The first-order chi connectivity index (χ1) is 14.4. The molecule has 0 spiro atoms. The van der Waals surface area contributed by atoms with E-state index in [1.807, 2.05) is 51.1 Å². The van der Waals surface area contributed by atoms with E-state index in [1.54, 1.807) is 4.68 Å². The number of primary amides is 1. The van der Waals surface area contributed by atoms with Crippen molar-refractivity contribution in [3.8, 4) is 11.4 Å². The maximum Gasteiger partial charge on any atom is 0.249 e. The maximum atomic E-state index is 14.5. The van der Waals surface area contributed by atoms with Crippen LogP contribution in [-0.2, 0) is 11.3 Å². The molecule has 0 aliphatic heterocycles. The molecule has 3 aromatic rings. The van der Waals surface area contributed by atoms with Gasteiger partial charge < -0.3 is 10.8 Å². The highest BCUT2D eigenvalue weighted by atomic mass is 35.5. The Morgan fingerprint density at radius 2 is 1.84 bits per heavy atom. The number of rotatable bonds is 6. The van der Waals surface area contributed by atoms with E-state index < -0.39 is 28.7 Å². The van der Waals surface area contributed by atoms with E-state index >= 15 is 0 Å². The first-order valence-electron chi connectivity index (χ1n) is 9.87. The van der Waals surface area contributed by atoms with Crippen molar-refractivity contribution in [3.05, 3.63) is 70.8 Å². The van der Waals surface area contributed by atoms with Crippen LogP contribution in [0.3, 0.4) is 0 Å². The monoisotopic (exact) mass is 444 g/mol. The van der Waals surface area contributed by atoms with E-state index in [4.69, 9.17) is 17.3 Å². The van der Waals surface area contributed by atoms with Crippen LogP contribution < -0.4 is 5.73 Å². The van der Waals surface area contributed by atoms with Gasteiger partial charge in [-0.3, -0.25) is 4.79 Å². The van der Waals surface area contributed by atoms with Gasteiger partial charge in [0.1, 0.15) is 17.2 Å². The number of carbonyl (C=O) groups excluding carboxylic acids is 1. The maximum absolute atomic E-state index is 14.5. The number of hydrogen-bond donors (Lipinski definition) is 2. The molecule has 0 saturated carbocycles. The topological polar surface area (TPSA) is 94.0 Å². The van der Waals surface area contributed by atoms with Crippen molar-refractivity contribution in [1.82, 2.24) is 14.8 Å². The van der Waals surface area contributed by atoms with Gasteiger partial charge in [0.15, 0.2) is 5.82 Å². The summed E-state index contributed by atoms with van der Waals surface area (Å²) in [6, 6.07) is 13.7. The zero-order valence-corrected chi connectivity index (χ0v) is 18.7. The number of halogens is 2. The van der Waals surface area contributed by atoms with E-state index in [-0.39, 0.29) is 11.4 Å². The summed E-state index contributed by atoms with van der Waals surface area (Å²) < 4.78 is 16.1. The van der Waals surface area contributed by atoms with E-state index in [1.165, 1.54) is 25.1 Å². The standard InChI is InChI=1S/C23H26ClFN4O2/c1-22(2,3)18(23(4,31)21(26)30)20-27-19(16-12-15(24)10-11-17(16)25)28-29(20)13-14-8-6-5-7-9-14/h5-12,18,31H,13H2,1-4H3,(H2,26,30)/t18-,23?/m0/s1. The smallest absolute Gasteiger partial charge is 0.249 e. The molecule has 3 N–H and O–H groups in total. The molecule has 8 heteroatoms. The molecule has 3 rings (SSSR count). The molecule has 1 amide bonds. The lowest BCUT2D eigenvalue weighted by Gasteiger charge is -2.38. The quantitative estimate of drug-likeness (QED) is 0.597. The number of nitrogens with two attached hydrogens (primary N) is 1. The highest BCUT2D eigenvalue weighted by Gasteiger charge is 2.48.